The highest BCUT2D eigenvalue weighted by Gasteiger charge is 2.66. The first kappa shape index (κ1) is 32.1. The summed E-state index contributed by atoms with van der Waals surface area (Å²) < 4.78 is 54.8. The minimum atomic E-state index is -4.61. The first-order valence-corrected chi connectivity index (χ1v) is 22.5. The Balaban J connectivity index is 6.25. The highest BCUT2D eigenvalue weighted by atomic mass is 28.6. The van der Waals surface area contributed by atoms with Crippen LogP contribution in [0.1, 0.15) is 0 Å². The van der Waals surface area contributed by atoms with Gasteiger partial charge in [-0.1, -0.05) is 11.4 Å². The van der Waals surface area contributed by atoms with E-state index >= 15 is 0 Å². The second kappa shape index (κ2) is 13.3. The van der Waals surface area contributed by atoms with Gasteiger partial charge in [-0.25, -0.2) is 0 Å². The molecular weight excluding hydrogens is 545 g/mol. The van der Waals surface area contributed by atoms with Gasteiger partial charge in [-0.15, -0.1) is 19.2 Å². The molecule has 0 heterocycles. The van der Waals surface area contributed by atoms with Gasteiger partial charge < -0.3 is 52.0 Å². The number of hydrogen-bond donors (Lipinski definition) is 2. The molecule has 0 aromatic heterocycles. The first-order chi connectivity index (χ1) is 14.6. The van der Waals surface area contributed by atoms with Crippen molar-refractivity contribution in [1.29, 1.82) is 0 Å². The largest absolute Gasteiger partial charge is 0.722 e. The Morgan fingerprint density at radius 3 is 1.62 bits per heavy atom. The zero-order chi connectivity index (χ0) is 25.3. The summed E-state index contributed by atoms with van der Waals surface area (Å²) in [6.07, 6.45) is 0. The van der Waals surface area contributed by atoms with Gasteiger partial charge in [0.25, 0.3) is 0 Å². The SMILES string of the molecule is C#[Si]O[Si](O[Si](C)(C)C=C)(O[Si](O)(OC)OC)O[Si@@](O)(OC)O[SiH](OC)O[Si](C)(C)C=C. The Morgan fingerprint density at radius 1 is 0.781 bits per heavy atom. The van der Waals surface area contributed by atoms with Crippen LogP contribution in [0.15, 0.2) is 24.6 Å². The quantitative estimate of drug-likeness (QED) is 0.221. The van der Waals surface area contributed by atoms with E-state index in [-0.39, 0.29) is 0 Å². The Bertz CT molecular complexity index is 658. The smallest absolute Gasteiger partial charge is 0.496 e. The maximum Gasteiger partial charge on any atom is 0.722 e. The minimum absolute atomic E-state index is 0.723. The fourth-order valence-corrected chi connectivity index (χ4v) is 17.9. The molecule has 0 bridgehead atoms. The van der Waals surface area contributed by atoms with Crippen molar-refractivity contribution in [2.24, 2.45) is 0 Å². The lowest BCUT2D eigenvalue weighted by Crippen LogP contribution is -2.68. The minimum Gasteiger partial charge on any atom is -0.496 e. The van der Waals surface area contributed by atoms with Gasteiger partial charge in [-0.2, -0.15) is 0 Å². The zero-order valence-corrected chi connectivity index (χ0v) is 26.9. The second-order valence-electron chi connectivity index (χ2n) is 7.06. The molecule has 0 aliphatic heterocycles. The number of rotatable bonds is 17. The van der Waals surface area contributed by atoms with Crippen molar-refractivity contribution in [2.75, 3.05) is 28.4 Å². The standard InChI is InChI=1S/C13H34O12Si7/c1-12-28(8,9)21-27(16-3)22-31(15,19-6)25-32(20-26-7,23-29(10,11)13-2)24-30(14,17-4)18-5/h7,12-15,27H,1-2H2,3-6,8-11H3/t27?,31-,32?/m0/s1. The molecule has 0 aliphatic rings. The molecule has 32 heavy (non-hydrogen) atoms. The molecule has 0 aromatic carbocycles. The van der Waals surface area contributed by atoms with Crippen LogP contribution in [-0.2, 0) is 42.4 Å². The van der Waals surface area contributed by atoms with E-state index in [2.05, 4.69) is 13.2 Å². The third-order valence-electron chi connectivity index (χ3n) is 3.67. The predicted molar refractivity (Wildman–Crippen MR) is 129 cm³/mol. The van der Waals surface area contributed by atoms with Gasteiger partial charge in [0, 0.05) is 28.4 Å². The maximum atomic E-state index is 11.1. The molecule has 186 valence electrons. The van der Waals surface area contributed by atoms with Crippen LogP contribution in [0.5, 0.6) is 0 Å². The molecule has 2 unspecified atom stereocenters. The van der Waals surface area contributed by atoms with Gasteiger partial charge in [0.15, 0.2) is 0 Å². The van der Waals surface area contributed by atoms with E-state index in [0.29, 0.717) is 0 Å². The summed E-state index contributed by atoms with van der Waals surface area (Å²) in [6, 6.07) is 5.61. The Morgan fingerprint density at radius 2 is 1.25 bits per heavy atom. The molecule has 0 rings (SSSR count). The van der Waals surface area contributed by atoms with Gasteiger partial charge >= 0.3 is 36.7 Å². The highest BCUT2D eigenvalue weighted by Crippen LogP contribution is 2.27. The van der Waals surface area contributed by atoms with E-state index in [1.54, 1.807) is 24.5 Å². The molecule has 0 saturated carbocycles. The van der Waals surface area contributed by atoms with E-state index in [1.165, 1.54) is 7.11 Å². The van der Waals surface area contributed by atoms with Gasteiger partial charge in [0.2, 0.25) is 25.8 Å². The fourth-order valence-electron chi connectivity index (χ4n) is 1.70. The average molecular weight is 579 g/mol. The third kappa shape index (κ3) is 10.6. The first-order valence-electron chi connectivity index (χ1n) is 9.12. The summed E-state index contributed by atoms with van der Waals surface area (Å²) in [7, 11) is -17.4. The topological polar surface area (TPSA) is 133 Å². The van der Waals surface area contributed by atoms with E-state index in [9.17, 15) is 9.59 Å². The van der Waals surface area contributed by atoms with Crippen molar-refractivity contribution in [3.8, 4) is 6.00 Å². The van der Waals surface area contributed by atoms with Crippen molar-refractivity contribution < 1.29 is 52.0 Å². The lowest BCUT2D eigenvalue weighted by atomic mass is 11.3. The zero-order valence-electron chi connectivity index (χ0n) is 19.7. The Hall–Kier alpha value is 0.138. The van der Waals surface area contributed by atoms with E-state index in [4.69, 9.17) is 48.4 Å². The molecule has 0 fully saturated rings. The van der Waals surface area contributed by atoms with E-state index in [1.807, 2.05) is 13.1 Å². The van der Waals surface area contributed by atoms with Crippen LogP contribution in [-0.4, -0.2) is 101 Å². The van der Waals surface area contributed by atoms with Crippen LogP contribution < -0.4 is 0 Å². The normalized spacial score (nSPS) is 17.5. The fraction of sp³-hybridized carbons (Fsp3) is 0.615. The van der Waals surface area contributed by atoms with Crippen molar-refractivity contribution >= 4 is 62.5 Å². The van der Waals surface area contributed by atoms with Gasteiger partial charge in [0.05, 0.1) is 0 Å². The maximum absolute atomic E-state index is 11.1. The third-order valence-corrected chi connectivity index (χ3v) is 21.4. The monoisotopic (exact) mass is 578 g/mol. The summed E-state index contributed by atoms with van der Waals surface area (Å²) in [5.41, 5.74) is 3.24. The van der Waals surface area contributed by atoms with E-state index in [0.717, 1.165) is 21.3 Å². The number of hydrogen-bond acceptors (Lipinski definition) is 12. The lowest BCUT2D eigenvalue weighted by Gasteiger charge is -2.38. The molecule has 2 N–H and O–H groups in total. The summed E-state index contributed by atoms with van der Waals surface area (Å²) in [4.78, 5) is 21.7. The summed E-state index contributed by atoms with van der Waals surface area (Å²) >= 11 is 0. The predicted octanol–water partition coefficient (Wildman–Crippen LogP) is -0.251. The van der Waals surface area contributed by atoms with Crippen molar-refractivity contribution in [3.63, 3.8) is 0 Å². The van der Waals surface area contributed by atoms with Crippen molar-refractivity contribution in [2.45, 2.75) is 26.2 Å². The van der Waals surface area contributed by atoms with Crippen LogP contribution in [0.3, 0.4) is 0 Å². The lowest BCUT2D eigenvalue weighted by molar-refractivity contribution is -0.00577. The summed E-state index contributed by atoms with van der Waals surface area (Å²) in [5, 5.41) is 0. The second-order valence-corrected chi connectivity index (χ2v) is 25.0. The summed E-state index contributed by atoms with van der Waals surface area (Å²) in [5.74, 6) is 0. The van der Waals surface area contributed by atoms with E-state index < -0.39 is 62.5 Å². The molecular formula is C13H34O12Si7. The average Bonchev–Trinajstić information content (AvgIpc) is 2.72. The molecule has 0 aromatic rings. The van der Waals surface area contributed by atoms with Gasteiger partial charge in [-0.3, -0.25) is 0 Å². The molecule has 12 nitrogen and oxygen atoms in total. The molecule has 3 atom stereocenters. The Kier molecular flexibility index (Phi) is 13.3. The van der Waals surface area contributed by atoms with Crippen molar-refractivity contribution in [3.05, 3.63) is 24.6 Å². The molecule has 0 aliphatic carbocycles. The van der Waals surface area contributed by atoms with Gasteiger partial charge in [0.1, 0.15) is 0 Å². The molecule has 0 saturated heterocycles. The Labute approximate surface area is 199 Å². The van der Waals surface area contributed by atoms with Gasteiger partial charge in [-0.05, 0) is 26.2 Å². The molecule has 0 amide bonds. The molecule has 0 radical (unpaired) electrons. The van der Waals surface area contributed by atoms with Crippen LogP contribution in [0.4, 0.5) is 0 Å². The van der Waals surface area contributed by atoms with Crippen LogP contribution >= 0.6 is 0 Å². The van der Waals surface area contributed by atoms with Crippen LogP contribution in [0.25, 0.3) is 0 Å². The van der Waals surface area contributed by atoms with Crippen LogP contribution in [0.2, 0.25) is 26.2 Å². The molecule has 0 spiro atoms. The summed E-state index contributed by atoms with van der Waals surface area (Å²) in [6.45, 7) is 14.7. The molecule has 19 heteroatoms. The van der Waals surface area contributed by atoms with Crippen molar-refractivity contribution in [1.82, 2.24) is 0 Å². The van der Waals surface area contributed by atoms with Crippen LogP contribution in [0, 0.1) is 6.00 Å². The highest BCUT2D eigenvalue weighted by molar-refractivity contribution is 6.87.